The summed E-state index contributed by atoms with van der Waals surface area (Å²) in [6.45, 7) is 5.08. The summed E-state index contributed by atoms with van der Waals surface area (Å²) in [5, 5.41) is 7.58. The number of alkyl halides is 6. The van der Waals surface area contributed by atoms with Crippen molar-refractivity contribution in [1.29, 1.82) is 0 Å². The lowest BCUT2D eigenvalue weighted by Crippen LogP contribution is -2.65. The Morgan fingerprint density at radius 1 is 0.631 bits per heavy atom. The molecular weight excluding hydrogens is 1380 g/mol. The van der Waals surface area contributed by atoms with E-state index < -0.39 is 186 Å². The average molecular weight is 1480 g/mol. The fraction of sp³-hybridized carbons (Fsp3) is 0.746. The van der Waals surface area contributed by atoms with Crippen LogP contribution in [-0.4, -0.2) is 269 Å². The Balaban J connectivity index is 1.29. The van der Waals surface area contributed by atoms with E-state index in [1.54, 1.807) is 27.7 Å². The van der Waals surface area contributed by atoms with Crippen LogP contribution in [0.15, 0.2) is 18.2 Å². The predicted molar refractivity (Wildman–Crippen MR) is 366 cm³/mol. The highest BCUT2D eigenvalue weighted by atomic mass is 35.5. The van der Waals surface area contributed by atoms with Gasteiger partial charge in [-0.1, -0.05) is 90.3 Å². The minimum atomic E-state index is -4.89. The van der Waals surface area contributed by atoms with Crippen molar-refractivity contribution >= 4 is 82.5 Å². The second-order valence-corrected chi connectivity index (χ2v) is 30.2. The quantitative estimate of drug-likeness (QED) is 0.216. The van der Waals surface area contributed by atoms with Gasteiger partial charge in [0.1, 0.15) is 66.5 Å². The smallest absolute Gasteiger partial charge is 0.369 e. The maximum Gasteiger partial charge on any atom is 0.417 e. The molecule has 2 aliphatic carbocycles. The number of hydrogen-bond acceptors (Lipinski definition) is 13. The number of halogens is 7. The van der Waals surface area contributed by atoms with E-state index in [0.29, 0.717) is 38.5 Å². The summed E-state index contributed by atoms with van der Waals surface area (Å²) in [5.41, 5.74) is -2.48. The maximum atomic E-state index is 15.4. The summed E-state index contributed by atoms with van der Waals surface area (Å²) in [4.78, 5) is 190. The van der Waals surface area contributed by atoms with Crippen molar-refractivity contribution in [3.63, 3.8) is 0 Å². The van der Waals surface area contributed by atoms with E-state index in [1.165, 1.54) is 79.8 Å². The Bertz CT molecular complexity index is 3250. The third-order valence-electron chi connectivity index (χ3n) is 21.6. The minimum Gasteiger partial charge on any atom is -0.369 e. The third-order valence-corrected chi connectivity index (χ3v) is 21.9. The highest BCUT2D eigenvalue weighted by Gasteiger charge is 2.52. The van der Waals surface area contributed by atoms with E-state index in [2.05, 4.69) is 16.0 Å². The van der Waals surface area contributed by atoms with Gasteiger partial charge in [-0.2, -0.15) is 26.3 Å². The topological polar surface area (TPSA) is 279 Å². The van der Waals surface area contributed by atoms with Gasteiger partial charge in [-0.25, -0.2) is 0 Å². The van der Waals surface area contributed by atoms with Crippen LogP contribution in [0.25, 0.3) is 0 Å². The molecule has 576 valence electrons. The van der Waals surface area contributed by atoms with E-state index >= 15 is 19.2 Å². The molecular formula is C71H105ClF6N12O13. The van der Waals surface area contributed by atoms with Crippen molar-refractivity contribution in [2.75, 3.05) is 88.2 Å². The lowest BCUT2D eigenvalue weighted by Gasteiger charge is -2.45. The van der Waals surface area contributed by atoms with Gasteiger partial charge >= 0.3 is 12.4 Å². The van der Waals surface area contributed by atoms with Crippen molar-refractivity contribution < 1.29 is 88.6 Å². The number of hydrogen-bond donors (Lipinski definition) is 3. The molecule has 2 saturated carbocycles. The zero-order chi connectivity index (χ0) is 76.3. The van der Waals surface area contributed by atoms with E-state index in [9.17, 15) is 64.7 Å². The van der Waals surface area contributed by atoms with E-state index in [4.69, 9.17) is 16.3 Å². The van der Waals surface area contributed by atoms with Gasteiger partial charge in [0.05, 0.1) is 30.2 Å². The van der Waals surface area contributed by atoms with Gasteiger partial charge < -0.3 is 64.8 Å². The fourth-order valence-electron chi connectivity index (χ4n) is 15.3. The Kier molecular flexibility index (Phi) is 28.7. The summed E-state index contributed by atoms with van der Waals surface area (Å²) in [6, 6.07) is -9.75. The first kappa shape index (κ1) is 83.0. The van der Waals surface area contributed by atoms with E-state index in [-0.39, 0.29) is 101 Å². The molecule has 7 rings (SSSR count). The fourth-order valence-corrected chi connectivity index (χ4v) is 15.7. The van der Waals surface area contributed by atoms with Crippen LogP contribution in [0.3, 0.4) is 0 Å². The molecule has 0 unspecified atom stereocenters. The lowest BCUT2D eigenvalue weighted by atomic mass is 9.84. The molecule has 0 bridgehead atoms. The molecule has 9 atom stereocenters. The van der Waals surface area contributed by atoms with Crippen molar-refractivity contribution in [2.45, 2.75) is 235 Å². The second kappa shape index (κ2) is 35.7. The molecule has 1 aromatic carbocycles. The van der Waals surface area contributed by atoms with Crippen LogP contribution in [0.2, 0.25) is 5.02 Å². The number of piperidine rings is 1. The molecule has 0 radical (unpaired) electrons. The number of nitrogens with one attached hydrogen (secondary N) is 3. The van der Waals surface area contributed by atoms with Gasteiger partial charge in [0.15, 0.2) is 0 Å². The van der Waals surface area contributed by atoms with Gasteiger partial charge in [0.2, 0.25) is 70.9 Å². The summed E-state index contributed by atoms with van der Waals surface area (Å²) >= 11 is 6.14. The largest absolute Gasteiger partial charge is 0.417 e. The van der Waals surface area contributed by atoms with E-state index in [0.717, 1.165) is 57.4 Å². The second-order valence-electron chi connectivity index (χ2n) is 29.8. The molecule has 103 heavy (non-hydrogen) atoms. The van der Waals surface area contributed by atoms with Gasteiger partial charge in [-0.05, 0) is 119 Å². The Morgan fingerprint density at radius 3 is 1.84 bits per heavy atom. The van der Waals surface area contributed by atoms with Crippen LogP contribution < -0.4 is 16.0 Å². The monoisotopic (exact) mass is 1480 g/mol. The van der Waals surface area contributed by atoms with Crippen molar-refractivity contribution in [3.8, 4) is 0 Å². The molecule has 4 saturated heterocycles. The van der Waals surface area contributed by atoms with Crippen molar-refractivity contribution in [1.82, 2.24) is 60.0 Å². The molecule has 4 heterocycles. The van der Waals surface area contributed by atoms with Gasteiger partial charge in [-0.15, -0.1) is 0 Å². The number of rotatable bonds is 12. The van der Waals surface area contributed by atoms with Crippen molar-refractivity contribution in [3.05, 3.63) is 34.3 Å². The molecule has 6 aliphatic rings. The summed E-state index contributed by atoms with van der Waals surface area (Å²) in [7, 11) is 7.88. The zero-order valence-corrected chi connectivity index (χ0v) is 62.0. The molecule has 3 N–H and O–H groups in total. The number of likely N-dealkylation sites (N-methyl/N-ethyl adjacent to an activating group) is 6. The molecule has 32 heteroatoms. The minimum absolute atomic E-state index is 0.00174. The first-order chi connectivity index (χ1) is 48.3. The number of likely N-dealkylation sites (tertiary alicyclic amines) is 1. The number of nitrogens with zero attached hydrogens (tertiary/aromatic N) is 9. The Hall–Kier alpha value is -7.31. The third kappa shape index (κ3) is 20.6. The van der Waals surface area contributed by atoms with Gasteiger partial charge in [0, 0.05) is 68.5 Å². The highest BCUT2D eigenvalue weighted by molar-refractivity contribution is 6.31. The standard InChI is InChI=1S/C71H105ClF6N12O13/c1-42(2)35-53-59(93)80-50(40-103-41-70(73,74)75)62(96)83(7)44(5)61(95)90-34-28-52(90)65(99)85(9)54(37-45-21-14-12-15-22-45)64(98)82(6)39-56(91)79-49(27-25-46-24-26-47(48(72)36-46)71(76,77)78)63(97)89-33-20-23-51(89)60(94)81-69(29-16-17-30-69)68(102)87(11)58(43(3)4)67(101)86(10)55(38-57(92)84(53)8)66(100)88-31-18-13-19-32-88/h24,26,36,42-45,49-55,58H,12-23,25,27-35,37-41H2,1-11H3,(H,79,91)(H,80,93)(H,81,94)/t44-,49-,50-,51-,52-,53-,54-,55-,58-/m0/s1. The molecule has 4 aliphatic heterocycles. The van der Waals surface area contributed by atoms with Crippen molar-refractivity contribution in [2.24, 2.45) is 17.8 Å². The van der Waals surface area contributed by atoms with Gasteiger partial charge in [-0.3, -0.25) is 57.5 Å². The predicted octanol–water partition coefficient (Wildman–Crippen LogP) is 5.56. The van der Waals surface area contributed by atoms with Crippen LogP contribution >= 0.6 is 11.6 Å². The van der Waals surface area contributed by atoms with Crippen LogP contribution in [0.5, 0.6) is 0 Å². The Labute approximate surface area is 604 Å². The normalized spacial score (nSPS) is 27.2. The average Bonchev–Trinajstić information content (AvgIpc) is 1.77. The van der Waals surface area contributed by atoms with E-state index in [1.807, 2.05) is 0 Å². The number of carbonyl (C=O) groups excluding carboxylic acids is 12. The number of carbonyl (C=O) groups is 12. The maximum absolute atomic E-state index is 15.4. The summed E-state index contributed by atoms with van der Waals surface area (Å²) in [6.07, 6.45) is -3.00. The molecule has 6 fully saturated rings. The first-order valence-electron chi connectivity index (χ1n) is 36.2. The number of benzene rings is 1. The summed E-state index contributed by atoms with van der Waals surface area (Å²) < 4.78 is 87.7. The number of amides is 12. The molecule has 0 aromatic heterocycles. The number of fused-ring (bicyclic) bond motifs is 2. The number of aryl methyl sites for hydroxylation is 1. The Morgan fingerprint density at radius 2 is 1.26 bits per heavy atom. The molecule has 12 amide bonds. The van der Waals surface area contributed by atoms with Crippen LogP contribution in [0, 0.1) is 17.8 Å². The lowest BCUT2D eigenvalue weighted by molar-refractivity contribution is -0.177. The van der Waals surface area contributed by atoms with Crippen LogP contribution in [-0.2, 0) is 74.9 Å². The first-order valence-corrected chi connectivity index (χ1v) is 36.6. The number of ether oxygens (including phenoxy) is 1. The van der Waals surface area contributed by atoms with Crippen LogP contribution in [0.4, 0.5) is 26.3 Å². The zero-order valence-electron chi connectivity index (χ0n) is 61.2. The molecule has 1 aromatic rings. The van der Waals surface area contributed by atoms with Gasteiger partial charge in [0.25, 0.3) is 0 Å². The molecule has 1 spiro atoms. The molecule has 25 nitrogen and oxygen atoms in total. The highest BCUT2D eigenvalue weighted by Crippen LogP contribution is 2.38. The SMILES string of the molecule is CC(C)C[C@H]1C(=O)N[C@@H](COCC(F)(F)F)C(=O)N(C)[C@@H](C)C(=O)N2CC[C@H]2C(=O)N(C)[C@@H](CC2CCCCC2)C(=O)N(C)CC(=O)N[C@@H](CCc2ccc(C(F)(F)F)c(Cl)c2)C(=O)N2CCC[C@H]2C(=O)NC2(CCCC2)C(=O)N(C)[C@@H](C(C)C)C(=O)N(C)[C@H](C(=O)N2CCCCC2)CC(=O)N1C. The summed E-state index contributed by atoms with van der Waals surface area (Å²) in [5.74, 6) is -10.6. The van der Waals surface area contributed by atoms with Crippen LogP contribution in [0.1, 0.15) is 168 Å².